The first-order chi connectivity index (χ1) is 7.60. The fourth-order valence-electron chi connectivity index (χ4n) is 1.33. The van der Waals surface area contributed by atoms with Crippen LogP contribution in [0.15, 0.2) is 6.20 Å². The number of carbonyl (C=O) groups is 1. The van der Waals surface area contributed by atoms with Crippen LogP contribution in [0, 0.1) is 0 Å². The molecule has 1 atom stereocenters. The molecule has 1 aromatic heterocycles. The molecule has 0 spiro atoms. The minimum atomic E-state index is -0.525. The van der Waals surface area contributed by atoms with Crippen LogP contribution in [0.2, 0.25) is 0 Å². The van der Waals surface area contributed by atoms with Gasteiger partial charge < -0.3 is 16.2 Å². The third-order valence-corrected chi connectivity index (χ3v) is 2.35. The normalized spacial score (nSPS) is 12.4. The van der Waals surface area contributed by atoms with E-state index >= 15 is 0 Å². The van der Waals surface area contributed by atoms with Gasteiger partial charge in [0.25, 0.3) is 5.91 Å². The SMILES string of the molecule is CCC(O)CNC(=O)c1c(N)cnn1CC. The van der Waals surface area contributed by atoms with Gasteiger partial charge in [0.15, 0.2) is 0 Å². The van der Waals surface area contributed by atoms with Gasteiger partial charge in [-0.25, -0.2) is 0 Å². The third kappa shape index (κ3) is 2.73. The highest BCUT2D eigenvalue weighted by Crippen LogP contribution is 2.10. The summed E-state index contributed by atoms with van der Waals surface area (Å²) in [5, 5.41) is 15.9. The second-order valence-corrected chi connectivity index (χ2v) is 3.54. The van der Waals surface area contributed by atoms with E-state index in [1.165, 1.54) is 10.9 Å². The van der Waals surface area contributed by atoms with Crippen LogP contribution in [0.5, 0.6) is 0 Å². The number of nitrogens with zero attached hydrogens (tertiary/aromatic N) is 2. The number of hydrogen-bond acceptors (Lipinski definition) is 4. The predicted molar refractivity (Wildman–Crippen MR) is 60.9 cm³/mol. The molecular weight excluding hydrogens is 208 g/mol. The molecule has 0 aliphatic carbocycles. The second kappa shape index (κ2) is 5.50. The van der Waals surface area contributed by atoms with Crippen molar-refractivity contribution >= 4 is 11.6 Å². The van der Waals surface area contributed by atoms with Crippen molar-refractivity contribution in [1.29, 1.82) is 0 Å². The van der Waals surface area contributed by atoms with Crippen LogP contribution in [0.1, 0.15) is 30.8 Å². The topological polar surface area (TPSA) is 93.2 Å². The molecule has 0 fully saturated rings. The molecule has 1 aromatic rings. The Kier molecular flexibility index (Phi) is 4.30. The van der Waals surface area contributed by atoms with Gasteiger partial charge in [0.1, 0.15) is 5.69 Å². The van der Waals surface area contributed by atoms with E-state index in [2.05, 4.69) is 10.4 Å². The Morgan fingerprint density at radius 3 is 2.94 bits per heavy atom. The molecule has 1 unspecified atom stereocenters. The highest BCUT2D eigenvalue weighted by atomic mass is 16.3. The average Bonchev–Trinajstić information content (AvgIpc) is 2.66. The lowest BCUT2D eigenvalue weighted by Gasteiger charge is -2.10. The van der Waals surface area contributed by atoms with Crippen molar-refractivity contribution in [2.75, 3.05) is 12.3 Å². The largest absolute Gasteiger partial charge is 0.396 e. The Hall–Kier alpha value is -1.56. The molecular formula is C10H18N4O2. The summed E-state index contributed by atoms with van der Waals surface area (Å²) >= 11 is 0. The predicted octanol–water partition coefficient (Wildman–Crippen LogP) is -0.0141. The molecule has 1 heterocycles. The molecule has 0 aliphatic heterocycles. The van der Waals surface area contributed by atoms with E-state index in [-0.39, 0.29) is 12.5 Å². The van der Waals surface area contributed by atoms with Gasteiger partial charge in [-0.05, 0) is 13.3 Å². The van der Waals surface area contributed by atoms with Crippen molar-refractivity contribution in [2.45, 2.75) is 32.9 Å². The zero-order valence-electron chi connectivity index (χ0n) is 9.60. The third-order valence-electron chi connectivity index (χ3n) is 2.35. The molecule has 6 nitrogen and oxygen atoms in total. The van der Waals surface area contributed by atoms with Crippen LogP contribution < -0.4 is 11.1 Å². The lowest BCUT2D eigenvalue weighted by atomic mass is 10.2. The van der Waals surface area contributed by atoms with Crippen LogP contribution >= 0.6 is 0 Å². The first kappa shape index (κ1) is 12.5. The van der Waals surface area contributed by atoms with Gasteiger partial charge in [-0.2, -0.15) is 5.10 Å². The van der Waals surface area contributed by atoms with Gasteiger partial charge >= 0.3 is 0 Å². The fraction of sp³-hybridized carbons (Fsp3) is 0.600. The maximum absolute atomic E-state index is 11.8. The Bertz CT molecular complexity index is 362. The highest BCUT2D eigenvalue weighted by Gasteiger charge is 2.16. The Morgan fingerprint density at radius 1 is 1.69 bits per heavy atom. The van der Waals surface area contributed by atoms with Gasteiger partial charge in [-0.1, -0.05) is 6.92 Å². The van der Waals surface area contributed by atoms with Crippen molar-refractivity contribution in [2.24, 2.45) is 0 Å². The molecule has 0 bridgehead atoms. The standard InChI is InChI=1S/C10H18N4O2/c1-3-7(15)5-12-10(16)9-8(11)6-13-14(9)4-2/h6-7,15H,3-5,11H2,1-2H3,(H,12,16). The van der Waals surface area contributed by atoms with Crippen LogP contribution in [0.25, 0.3) is 0 Å². The number of amides is 1. The summed E-state index contributed by atoms with van der Waals surface area (Å²) in [5.41, 5.74) is 6.35. The van der Waals surface area contributed by atoms with Crippen molar-refractivity contribution in [3.05, 3.63) is 11.9 Å². The highest BCUT2D eigenvalue weighted by molar-refractivity contribution is 5.97. The first-order valence-electron chi connectivity index (χ1n) is 5.37. The van der Waals surface area contributed by atoms with E-state index in [1.807, 2.05) is 13.8 Å². The number of nitrogens with two attached hydrogens (primary N) is 1. The average molecular weight is 226 g/mol. The fourth-order valence-corrected chi connectivity index (χ4v) is 1.33. The summed E-state index contributed by atoms with van der Waals surface area (Å²) in [6, 6.07) is 0. The molecule has 0 aliphatic rings. The summed E-state index contributed by atoms with van der Waals surface area (Å²) in [7, 11) is 0. The minimum absolute atomic E-state index is 0.226. The van der Waals surface area contributed by atoms with Gasteiger partial charge in [-0.3, -0.25) is 9.48 Å². The maximum atomic E-state index is 11.8. The molecule has 4 N–H and O–H groups in total. The lowest BCUT2D eigenvalue weighted by Crippen LogP contribution is -2.33. The number of nitrogen functional groups attached to an aromatic ring is 1. The Balaban J connectivity index is 2.69. The molecule has 0 saturated heterocycles. The number of nitrogens with one attached hydrogen (secondary N) is 1. The minimum Gasteiger partial charge on any atom is -0.396 e. The molecule has 0 saturated carbocycles. The van der Waals surface area contributed by atoms with E-state index in [1.54, 1.807) is 0 Å². The van der Waals surface area contributed by atoms with Crippen LogP contribution in [0.4, 0.5) is 5.69 Å². The summed E-state index contributed by atoms with van der Waals surface area (Å²) in [4.78, 5) is 11.8. The number of anilines is 1. The monoisotopic (exact) mass is 226 g/mol. The number of aromatic nitrogens is 2. The molecule has 6 heteroatoms. The molecule has 0 aromatic carbocycles. The number of aryl methyl sites for hydroxylation is 1. The maximum Gasteiger partial charge on any atom is 0.271 e. The second-order valence-electron chi connectivity index (χ2n) is 3.54. The molecule has 1 amide bonds. The van der Waals surface area contributed by atoms with Crippen molar-refractivity contribution in [3.8, 4) is 0 Å². The number of carbonyl (C=O) groups excluding carboxylic acids is 1. The van der Waals surface area contributed by atoms with E-state index < -0.39 is 6.10 Å². The number of aliphatic hydroxyl groups excluding tert-OH is 1. The van der Waals surface area contributed by atoms with Crippen molar-refractivity contribution in [1.82, 2.24) is 15.1 Å². The Morgan fingerprint density at radius 2 is 2.38 bits per heavy atom. The van der Waals surface area contributed by atoms with E-state index in [0.29, 0.717) is 24.3 Å². The lowest BCUT2D eigenvalue weighted by molar-refractivity contribution is 0.0904. The number of hydrogen-bond donors (Lipinski definition) is 3. The van der Waals surface area contributed by atoms with Gasteiger partial charge in [0.05, 0.1) is 18.0 Å². The molecule has 1 rings (SSSR count). The first-order valence-corrected chi connectivity index (χ1v) is 5.37. The van der Waals surface area contributed by atoms with E-state index in [4.69, 9.17) is 5.73 Å². The van der Waals surface area contributed by atoms with Gasteiger partial charge in [0, 0.05) is 13.1 Å². The Labute approximate surface area is 94.4 Å². The van der Waals surface area contributed by atoms with Crippen LogP contribution in [-0.4, -0.2) is 33.4 Å². The van der Waals surface area contributed by atoms with Crippen molar-refractivity contribution < 1.29 is 9.90 Å². The van der Waals surface area contributed by atoms with Crippen molar-refractivity contribution in [3.63, 3.8) is 0 Å². The summed E-state index contributed by atoms with van der Waals surface area (Å²) in [5.74, 6) is -0.302. The quantitative estimate of drug-likeness (QED) is 0.658. The number of rotatable bonds is 5. The van der Waals surface area contributed by atoms with Gasteiger partial charge in [-0.15, -0.1) is 0 Å². The molecule has 90 valence electrons. The summed E-state index contributed by atoms with van der Waals surface area (Å²) in [6.45, 7) is 4.53. The number of aliphatic hydroxyl groups is 1. The van der Waals surface area contributed by atoms with E-state index in [9.17, 15) is 9.90 Å². The smallest absolute Gasteiger partial charge is 0.271 e. The van der Waals surface area contributed by atoms with Crippen LogP contribution in [0.3, 0.4) is 0 Å². The van der Waals surface area contributed by atoms with E-state index in [0.717, 1.165) is 0 Å². The van der Waals surface area contributed by atoms with Crippen LogP contribution in [-0.2, 0) is 6.54 Å². The van der Waals surface area contributed by atoms with Gasteiger partial charge in [0.2, 0.25) is 0 Å². The molecule has 0 radical (unpaired) electrons. The zero-order valence-corrected chi connectivity index (χ0v) is 9.60. The zero-order chi connectivity index (χ0) is 12.1. The summed E-state index contributed by atoms with van der Waals surface area (Å²) < 4.78 is 1.53. The summed E-state index contributed by atoms with van der Waals surface area (Å²) in [6.07, 6.45) is 1.53. The molecule has 16 heavy (non-hydrogen) atoms.